The number of carbonyl (C=O) groups excluding carboxylic acids is 2. The zero-order chi connectivity index (χ0) is 14.5. The van der Waals surface area contributed by atoms with E-state index in [2.05, 4.69) is 16.0 Å². The molecule has 6 heteroatoms. The molecule has 1 aliphatic heterocycles. The molecule has 1 unspecified atom stereocenters. The summed E-state index contributed by atoms with van der Waals surface area (Å²) in [5, 5.41) is 8.71. The third-order valence-corrected chi connectivity index (χ3v) is 4.19. The van der Waals surface area contributed by atoms with Gasteiger partial charge in [0.2, 0.25) is 5.91 Å². The van der Waals surface area contributed by atoms with Crippen molar-refractivity contribution in [2.24, 2.45) is 0 Å². The molecule has 1 aromatic rings. The molecule has 0 fully saturated rings. The fourth-order valence-electron chi connectivity index (χ4n) is 1.89. The van der Waals surface area contributed by atoms with Gasteiger partial charge in [-0.25, -0.2) is 0 Å². The van der Waals surface area contributed by atoms with Crippen molar-refractivity contribution in [3.63, 3.8) is 0 Å². The quantitative estimate of drug-likeness (QED) is 0.719. The number of hydrogen-bond donors (Lipinski definition) is 3. The molecule has 108 valence electrons. The first kappa shape index (κ1) is 14.9. The van der Waals surface area contributed by atoms with Gasteiger partial charge in [0.15, 0.2) is 0 Å². The number of thioether (sulfide) groups is 1. The lowest BCUT2D eigenvalue weighted by molar-refractivity contribution is -0.115. The molecule has 2 amide bonds. The van der Waals surface area contributed by atoms with Crippen LogP contribution in [0, 0.1) is 0 Å². The first-order valence-electron chi connectivity index (χ1n) is 6.72. The van der Waals surface area contributed by atoms with Crippen LogP contribution in [0.5, 0.6) is 0 Å². The van der Waals surface area contributed by atoms with Gasteiger partial charge in [0.25, 0.3) is 5.91 Å². The van der Waals surface area contributed by atoms with Crippen molar-refractivity contribution in [2.45, 2.75) is 24.0 Å². The molecule has 3 N–H and O–H groups in total. The van der Waals surface area contributed by atoms with E-state index in [1.165, 1.54) is 11.8 Å². The normalized spacial score (nSPS) is 17.3. The summed E-state index contributed by atoms with van der Waals surface area (Å²) >= 11 is 1.51. The molecule has 0 spiro atoms. The van der Waals surface area contributed by atoms with E-state index in [9.17, 15) is 9.59 Å². The lowest BCUT2D eigenvalue weighted by Gasteiger charge is -2.21. The smallest absolute Gasteiger partial charge is 0.251 e. The SMILES string of the molecule is CCNCCNC(=O)c1ccc2c(c1)NC(=O)C(C)S2. The summed E-state index contributed by atoms with van der Waals surface area (Å²) in [6.45, 7) is 6.10. The van der Waals surface area contributed by atoms with Crippen molar-refractivity contribution in [3.05, 3.63) is 23.8 Å². The topological polar surface area (TPSA) is 70.2 Å². The van der Waals surface area contributed by atoms with Crippen LogP contribution >= 0.6 is 11.8 Å². The van der Waals surface area contributed by atoms with Crippen LogP contribution in [0.4, 0.5) is 5.69 Å². The number of nitrogens with one attached hydrogen (secondary N) is 3. The van der Waals surface area contributed by atoms with Gasteiger partial charge in [0, 0.05) is 23.5 Å². The molecule has 1 atom stereocenters. The summed E-state index contributed by atoms with van der Waals surface area (Å²) in [5.74, 6) is -0.143. The first-order valence-corrected chi connectivity index (χ1v) is 7.60. The Bertz CT molecular complexity index is 519. The van der Waals surface area contributed by atoms with E-state index in [1.807, 2.05) is 19.9 Å². The summed E-state index contributed by atoms with van der Waals surface area (Å²) in [7, 11) is 0. The fourth-order valence-corrected chi connectivity index (χ4v) is 2.82. The van der Waals surface area contributed by atoms with Crippen molar-refractivity contribution in [2.75, 3.05) is 25.0 Å². The maximum Gasteiger partial charge on any atom is 0.251 e. The average Bonchev–Trinajstić information content (AvgIpc) is 2.44. The Morgan fingerprint density at radius 1 is 1.40 bits per heavy atom. The van der Waals surface area contributed by atoms with Crippen molar-refractivity contribution in [1.29, 1.82) is 0 Å². The van der Waals surface area contributed by atoms with Crippen molar-refractivity contribution < 1.29 is 9.59 Å². The van der Waals surface area contributed by atoms with E-state index < -0.39 is 0 Å². The lowest BCUT2D eigenvalue weighted by atomic mass is 10.1. The van der Waals surface area contributed by atoms with Crippen molar-refractivity contribution in [3.8, 4) is 0 Å². The van der Waals surface area contributed by atoms with E-state index in [0.29, 0.717) is 12.1 Å². The highest BCUT2D eigenvalue weighted by molar-refractivity contribution is 8.00. The van der Waals surface area contributed by atoms with Crippen LogP contribution in [0.1, 0.15) is 24.2 Å². The van der Waals surface area contributed by atoms with Crippen LogP contribution in [-0.2, 0) is 4.79 Å². The number of likely N-dealkylation sites (N-methyl/N-ethyl adjacent to an activating group) is 1. The van der Waals surface area contributed by atoms with E-state index in [4.69, 9.17) is 0 Å². The minimum Gasteiger partial charge on any atom is -0.351 e. The number of carbonyl (C=O) groups is 2. The second kappa shape index (κ2) is 6.76. The monoisotopic (exact) mass is 293 g/mol. The minimum absolute atomic E-state index is 0.0211. The third kappa shape index (κ3) is 3.52. The predicted molar refractivity (Wildman–Crippen MR) is 81.3 cm³/mol. The van der Waals surface area contributed by atoms with Gasteiger partial charge < -0.3 is 16.0 Å². The highest BCUT2D eigenvalue weighted by Gasteiger charge is 2.23. The standard InChI is InChI=1S/C14H19N3O2S/c1-3-15-6-7-16-14(19)10-4-5-12-11(8-10)17-13(18)9(2)20-12/h4-5,8-9,15H,3,6-7H2,1-2H3,(H,16,19)(H,17,18). The van der Waals surface area contributed by atoms with E-state index in [-0.39, 0.29) is 17.1 Å². The molecular formula is C14H19N3O2S. The molecule has 0 aromatic heterocycles. The molecule has 20 heavy (non-hydrogen) atoms. The lowest BCUT2D eigenvalue weighted by Crippen LogP contribution is -2.32. The Balaban J connectivity index is 2.02. The Hall–Kier alpha value is -1.53. The van der Waals surface area contributed by atoms with Gasteiger partial charge in [-0.1, -0.05) is 6.92 Å². The number of rotatable bonds is 5. The molecule has 0 radical (unpaired) electrons. The second-order valence-electron chi connectivity index (χ2n) is 4.57. The summed E-state index contributed by atoms with van der Waals surface area (Å²) in [6.07, 6.45) is 0. The molecule has 2 rings (SSSR count). The van der Waals surface area contributed by atoms with Gasteiger partial charge >= 0.3 is 0 Å². The van der Waals surface area contributed by atoms with Crippen molar-refractivity contribution >= 4 is 29.3 Å². The number of fused-ring (bicyclic) bond motifs is 1. The second-order valence-corrected chi connectivity index (χ2v) is 5.95. The molecule has 1 aromatic carbocycles. The highest BCUT2D eigenvalue weighted by Crippen LogP contribution is 2.35. The van der Waals surface area contributed by atoms with E-state index in [0.717, 1.165) is 23.7 Å². The van der Waals surface area contributed by atoms with Crippen LogP contribution in [0.25, 0.3) is 0 Å². The molecule has 0 saturated heterocycles. The molecule has 5 nitrogen and oxygen atoms in total. The maximum absolute atomic E-state index is 12.0. The zero-order valence-corrected chi connectivity index (χ0v) is 12.5. The van der Waals surface area contributed by atoms with Crippen molar-refractivity contribution in [1.82, 2.24) is 10.6 Å². The van der Waals surface area contributed by atoms with Crippen LogP contribution < -0.4 is 16.0 Å². The predicted octanol–water partition coefficient (Wildman–Crippen LogP) is 1.46. The molecule has 1 aliphatic rings. The first-order chi connectivity index (χ1) is 9.61. The van der Waals surface area contributed by atoms with E-state index in [1.54, 1.807) is 12.1 Å². The largest absolute Gasteiger partial charge is 0.351 e. The third-order valence-electron chi connectivity index (χ3n) is 3.01. The molecule has 0 bridgehead atoms. The number of benzene rings is 1. The van der Waals surface area contributed by atoms with E-state index >= 15 is 0 Å². The number of amides is 2. The summed E-state index contributed by atoms with van der Waals surface area (Å²) in [5.41, 5.74) is 1.29. The highest BCUT2D eigenvalue weighted by atomic mass is 32.2. The number of hydrogen-bond acceptors (Lipinski definition) is 4. The minimum atomic E-state index is -0.122. The van der Waals surface area contributed by atoms with Crippen LogP contribution in [0.3, 0.4) is 0 Å². The molecule has 0 aliphatic carbocycles. The molecule has 1 heterocycles. The fraction of sp³-hybridized carbons (Fsp3) is 0.429. The Morgan fingerprint density at radius 2 is 2.20 bits per heavy atom. The van der Waals surface area contributed by atoms with Gasteiger partial charge in [0.1, 0.15) is 0 Å². The zero-order valence-electron chi connectivity index (χ0n) is 11.7. The Morgan fingerprint density at radius 3 is 2.95 bits per heavy atom. The van der Waals surface area contributed by atoms with Crippen LogP contribution in [0.15, 0.2) is 23.1 Å². The molecular weight excluding hydrogens is 274 g/mol. The molecule has 0 saturated carbocycles. The summed E-state index contributed by atoms with van der Waals surface area (Å²) in [4.78, 5) is 24.6. The van der Waals surface area contributed by atoms with Gasteiger partial charge in [0.05, 0.1) is 10.9 Å². The maximum atomic E-state index is 12.0. The summed E-state index contributed by atoms with van der Waals surface area (Å²) in [6, 6.07) is 5.41. The number of anilines is 1. The van der Waals surface area contributed by atoms with Gasteiger partial charge in [-0.2, -0.15) is 0 Å². The van der Waals surface area contributed by atoms with Crippen LogP contribution in [0.2, 0.25) is 0 Å². The van der Waals surface area contributed by atoms with Gasteiger partial charge in [-0.15, -0.1) is 11.8 Å². The van der Waals surface area contributed by atoms with Gasteiger partial charge in [-0.3, -0.25) is 9.59 Å². The Labute approximate surface area is 122 Å². The summed E-state index contributed by atoms with van der Waals surface area (Å²) < 4.78 is 0. The van der Waals surface area contributed by atoms with Gasteiger partial charge in [-0.05, 0) is 31.7 Å². The van der Waals surface area contributed by atoms with Crippen LogP contribution in [-0.4, -0.2) is 36.7 Å². The Kier molecular flexibility index (Phi) is 5.03. The average molecular weight is 293 g/mol.